The molecule has 1 aliphatic rings. The normalized spacial score (nSPS) is 16.0. The lowest BCUT2D eigenvalue weighted by atomic mass is 9.97. The van der Waals surface area contributed by atoms with Gasteiger partial charge in [-0.05, 0) is 31.3 Å². The van der Waals surface area contributed by atoms with Crippen molar-refractivity contribution in [3.8, 4) is 0 Å². The van der Waals surface area contributed by atoms with Gasteiger partial charge >= 0.3 is 6.18 Å². The molecule has 0 aliphatic carbocycles. The molecule has 0 aromatic carbocycles. The van der Waals surface area contributed by atoms with Crippen LogP contribution in [0.4, 0.5) is 36.4 Å². The van der Waals surface area contributed by atoms with E-state index in [4.69, 9.17) is 0 Å². The fraction of sp³-hybridized carbons (Fsp3) is 0.318. The summed E-state index contributed by atoms with van der Waals surface area (Å²) in [5.41, 5.74) is 1.42. The summed E-state index contributed by atoms with van der Waals surface area (Å²) < 4.78 is 39.7. The Bertz CT molecular complexity index is 1160. The Morgan fingerprint density at radius 2 is 1.97 bits per heavy atom. The van der Waals surface area contributed by atoms with Crippen LogP contribution in [0.3, 0.4) is 0 Å². The SMILES string of the molecule is C=Nc1cnc(NC(C)c2ccc(N(C)C)nc2)nc1C1CNc2ncc(C(F)(F)F)cc21. The lowest BCUT2D eigenvalue weighted by molar-refractivity contribution is -0.137. The molecule has 0 radical (unpaired) electrons. The van der Waals surface area contributed by atoms with E-state index in [0.717, 1.165) is 23.6 Å². The fourth-order valence-electron chi connectivity index (χ4n) is 3.63. The van der Waals surface area contributed by atoms with Crippen molar-refractivity contribution >= 4 is 30.0 Å². The third-order valence-corrected chi connectivity index (χ3v) is 5.47. The lowest BCUT2D eigenvalue weighted by Crippen LogP contribution is -2.14. The summed E-state index contributed by atoms with van der Waals surface area (Å²) >= 11 is 0. The minimum atomic E-state index is -4.49. The van der Waals surface area contributed by atoms with Crippen LogP contribution in [0.25, 0.3) is 0 Å². The number of anilines is 3. The van der Waals surface area contributed by atoms with E-state index in [1.54, 1.807) is 6.20 Å². The van der Waals surface area contributed by atoms with E-state index in [1.165, 1.54) is 6.20 Å². The number of aromatic nitrogens is 4. The van der Waals surface area contributed by atoms with Gasteiger partial charge in [0.25, 0.3) is 0 Å². The maximum absolute atomic E-state index is 13.2. The second-order valence-corrected chi connectivity index (χ2v) is 7.93. The second-order valence-electron chi connectivity index (χ2n) is 7.93. The van der Waals surface area contributed by atoms with Crippen LogP contribution in [0.1, 0.15) is 41.3 Å². The minimum absolute atomic E-state index is 0.156. The van der Waals surface area contributed by atoms with Crippen LogP contribution < -0.4 is 15.5 Å². The number of aliphatic imine (C=N–C) groups is 1. The van der Waals surface area contributed by atoms with Gasteiger partial charge in [0.2, 0.25) is 5.95 Å². The van der Waals surface area contributed by atoms with Crippen LogP contribution in [0.5, 0.6) is 0 Å². The molecule has 0 saturated carbocycles. The molecule has 2 atom stereocenters. The molecule has 2 unspecified atom stereocenters. The van der Waals surface area contributed by atoms with Crippen molar-refractivity contribution in [2.75, 3.05) is 36.2 Å². The third kappa shape index (κ3) is 4.57. The van der Waals surface area contributed by atoms with Crippen molar-refractivity contribution in [1.82, 2.24) is 19.9 Å². The van der Waals surface area contributed by atoms with Crippen molar-refractivity contribution in [3.05, 3.63) is 59.2 Å². The van der Waals surface area contributed by atoms with Gasteiger partial charge in [-0.2, -0.15) is 13.2 Å². The van der Waals surface area contributed by atoms with Gasteiger partial charge in [0.1, 0.15) is 17.3 Å². The lowest BCUT2D eigenvalue weighted by Gasteiger charge is -2.18. The predicted molar refractivity (Wildman–Crippen MR) is 121 cm³/mol. The van der Waals surface area contributed by atoms with Crippen LogP contribution in [0.2, 0.25) is 0 Å². The number of pyridine rings is 2. The third-order valence-electron chi connectivity index (χ3n) is 5.47. The molecule has 0 bridgehead atoms. The molecule has 2 N–H and O–H groups in total. The molecule has 0 spiro atoms. The zero-order valence-corrected chi connectivity index (χ0v) is 18.4. The zero-order chi connectivity index (χ0) is 23.8. The van der Waals surface area contributed by atoms with Crippen molar-refractivity contribution in [2.45, 2.75) is 25.1 Å². The Balaban J connectivity index is 1.63. The number of nitrogens with one attached hydrogen (secondary N) is 2. The number of rotatable bonds is 6. The molecule has 3 aromatic heterocycles. The summed E-state index contributed by atoms with van der Waals surface area (Å²) in [5, 5.41) is 6.27. The quantitative estimate of drug-likeness (QED) is 0.531. The molecular formula is C22H23F3N8. The molecule has 11 heteroatoms. The molecule has 0 fully saturated rings. The molecule has 0 saturated heterocycles. The first-order valence-corrected chi connectivity index (χ1v) is 10.2. The average Bonchev–Trinajstić information content (AvgIpc) is 3.21. The van der Waals surface area contributed by atoms with Crippen LogP contribution in [-0.2, 0) is 6.18 Å². The Morgan fingerprint density at radius 1 is 1.18 bits per heavy atom. The summed E-state index contributed by atoms with van der Waals surface area (Å²) in [5.74, 6) is 1.09. The standard InChI is InChI=1S/C22H23F3N8/c1-12(13-5-6-18(27-8-13)33(3)4)31-21-30-11-17(26-2)19(32-21)16-10-29-20-15(16)7-14(9-28-20)22(23,24)25/h5-9,11-12,16H,2,10H2,1,3-4H3,(H,28,29)(H,30,31,32). The van der Waals surface area contributed by atoms with Gasteiger partial charge in [0.15, 0.2) is 0 Å². The van der Waals surface area contributed by atoms with E-state index in [9.17, 15) is 13.2 Å². The molecule has 172 valence electrons. The maximum atomic E-state index is 13.2. The van der Waals surface area contributed by atoms with E-state index >= 15 is 0 Å². The maximum Gasteiger partial charge on any atom is 0.417 e. The minimum Gasteiger partial charge on any atom is -0.369 e. The first-order chi connectivity index (χ1) is 15.7. The fourth-order valence-corrected chi connectivity index (χ4v) is 3.63. The largest absolute Gasteiger partial charge is 0.417 e. The van der Waals surface area contributed by atoms with Gasteiger partial charge in [-0.3, -0.25) is 4.99 Å². The summed E-state index contributed by atoms with van der Waals surface area (Å²) in [6.45, 7) is 5.84. The van der Waals surface area contributed by atoms with Crippen LogP contribution in [-0.4, -0.2) is 47.3 Å². The number of nitrogens with zero attached hydrogens (tertiary/aromatic N) is 6. The van der Waals surface area contributed by atoms with Crippen LogP contribution in [0.15, 0.2) is 41.8 Å². The highest BCUT2D eigenvalue weighted by atomic mass is 19.4. The molecule has 8 nitrogen and oxygen atoms in total. The Labute approximate surface area is 189 Å². The van der Waals surface area contributed by atoms with Gasteiger partial charge < -0.3 is 15.5 Å². The average molecular weight is 456 g/mol. The predicted octanol–water partition coefficient (Wildman–Crippen LogP) is 4.41. The summed E-state index contributed by atoms with van der Waals surface area (Å²) in [7, 11) is 3.83. The van der Waals surface area contributed by atoms with Crippen LogP contribution >= 0.6 is 0 Å². The van der Waals surface area contributed by atoms with Gasteiger partial charge in [-0.15, -0.1) is 0 Å². The highest BCUT2D eigenvalue weighted by Gasteiger charge is 2.35. The molecule has 3 aromatic rings. The van der Waals surface area contributed by atoms with Crippen molar-refractivity contribution < 1.29 is 13.2 Å². The summed E-state index contributed by atoms with van der Waals surface area (Å²) in [6, 6.07) is 4.82. The monoisotopic (exact) mass is 456 g/mol. The molecular weight excluding hydrogens is 433 g/mol. The molecule has 33 heavy (non-hydrogen) atoms. The Kier molecular flexibility index (Phi) is 5.88. The Hall–Kier alpha value is -3.76. The molecule has 4 rings (SSSR count). The van der Waals surface area contributed by atoms with E-state index in [1.807, 2.05) is 38.1 Å². The smallest absolute Gasteiger partial charge is 0.369 e. The zero-order valence-electron chi connectivity index (χ0n) is 18.4. The van der Waals surface area contributed by atoms with E-state index in [2.05, 4.69) is 42.3 Å². The second kappa shape index (κ2) is 8.64. The topological polar surface area (TPSA) is 91.2 Å². The van der Waals surface area contributed by atoms with E-state index in [-0.39, 0.29) is 6.04 Å². The van der Waals surface area contributed by atoms with Gasteiger partial charge in [0.05, 0.1) is 23.5 Å². The van der Waals surface area contributed by atoms with Crippen molar-refractivity contribution in [1.29, 1.82) is 0 Å². The summed E-state index contributed by atoms with van der Waals surface area (Å²) in [4.78, 5) is 23.1. The molecule has 0 amide bonds. The highest BCUT2D eigenvalue weighted by Crippen LogP contribution is 2.41. The van der Waals surface area contributed by atoms with Crippen molar-refractivity contribution in [3.63, 3.8) is 0 Å². The molecule has 1 aliphatic heterocycles. The van der Waals surface area contributed by atoms with E-state index in [0.29, 0.717) is 35.3 Å². The highest BCUT2D eigenvalue weighted by molar-refractivity contribution is 5.61. The molecule has 4 heterocycles. The van der Waals surface area contributed by atoms with E-state index < -0.39 is 17.7 Å². The van der Waals surface area contributed by atoms with Crippen LogP contribution in [0, 0.1) is 0 Å². The number of halogens is 3. The first-order valence-electron chi connectivity index (χ1n) is 10.2. The number of alkyl halides is 3. The Morgan fingerprint density at radius 3 is 2.61 bits per heavy atom. The van der Waals surface area contributed by atoms with Gasteiger partial charge in [0, 0.05) is 44.5 Å². The van der Waals surface area contributed by atoms with Crippen molar-refractivity contribution in [2.24, 2.45) is 4.99 Å². The number of hydrogen-bond donors (Lipinski definition) is 2. The van der Waals surface area contributed by atoms with Gasteiger partial charge in [-0.25, -0.2) is 19.9 Å². The number of hydrogen-bond acceptors (Lipinski definition) is 8. The van der Waals surface area contributed by atoms with Gasteiger partial charge in [-0.1, -0.05) is 6.07 Å². The first kappa shape index (κ1) is 22.4. The number of fused-ring (bicyclic) bond motifs is 1. The summed E-state index contributed by atoms with van der Waals surface area (Å²) in [6.07, 6.45) is -0.379.